The van der Waals surface area contributed by atoms with Crippen LogP contribution in [-0.4, -0.2) is 20.7 Å². The molecule has 0 aliphatic rings. The summed E-state index contributed by atoms with van der Waals surface area (Å²) in [6.45, 7) is 0.263. The Morgan fingerprint density at radius 1 is 1.13 bits per heavy atom. The molecule has 0 radical (unpaired) electrons. The maximum absolute atomic E-state index is 12.1. The monoisotopic (exact) mass is 449 g/mol. The lowest BCUT2D eigenvalue weighted by atomic mass is 10.2. The van der Waals surface area contributed by atoms with Crippen LogP contribution in [0.4, 0.5) is 0 Å². The van der Waals surface area contributed by atoms with Gasteiger partial charge in [0.1, 0.15) is 9.23 Å². The van der Waals surface area contributed by atoms with Crippen molar-refractivity contribution in [2.75, 3.05) is 12.3 Å². The van der Waals surface area contributed by atoms with Crippen molar-refractivity contribution in [2.45, 2.75) is 10.6 Å². The number of thiophene rings is 1. The summed E-state index contributed by atoms with van der Waals surface area (Å²) < 4.78 is 27.2. The summed E-state index contributed by atoms with van der Waals surface area (Å²) in [6.07, 6.45) is 0. The third-order valence-electron chi connectivity index (χ3n) is 2.76. The van der Waals surface area contributed by atoms with Gasteiger partial charge in [-0.25, -0.2) is 13.1 Å². The van der Waals surface area contributed by atoms with Crippen LogP contribution in [0.5, 0.6) is 0 Å². The summed E-state index contributed by atoms with van der Waals surface area (Å²) in [6, 6.07) is 6.67. The van der Waals surface area contributed by atoms with Crippen molar-refractivity contribution in [1.82, 2.24) is 4.72 Å². The Hall–Kier alpha value is 0.340. The molecule has 1 aromatic heterocycles. The van der Waals surface area contributed by atoms with Crippen LogP contribution in [-0.2, 0) is 15.8 Å². The van der Waals surface area contributed by atoms with E-state index in [1.54, 1.807) is 18.2 Å². The molecule has 126 valence electrons. The highest BCUT2D eigenvalue weighted by atomic mass is 35.5. The standard InChI is InChI=1S/C13H11Cl4NO2S3/c14-9-2-1-3-10(15)8(9)7-21-5-4-18-23(19,20)11-6-12(16)22-13(11)17/h1-3,6,18H,4-5,7H2. The van der Waals surface area contributed by atoms with Crippen LogP contribution in [0.1, 0.15) is 5.56 Å². The summed E-state index contributed by atoms with van der Waals surface area (Å²) in [5.41, 5.74) is 0.844. The third-order valence-corrected chi connectivity index (χ3v) is 7.67. The predicted molar refractivity (Wildman–Crippen MR) is 102 cm³/mol. The van der Waals surface area contributed by atoms with E-state index in [0.29, 0.717) is 25.9 Å². The van der Waals surface area contributed by atoms with Crippen LogP contribution in [0.2, 0.25) is 18.7 Å². The fourth-order valence-corrected chi connectivity index (χ4v) is 6.58. The third kappa shape index (κ3) is 5.41. The lowest BCUT2D eigenvalue weighted by molar-refractivity contribution is 0.584. The summed E-state index contributed by atoms with van der Waals surface area (Å²) in [7, 11) is -3.65. The Bertz CT molecular complexity index is 772. The molecule has 0 unspecified atom stereocenters. The van der Waals surface area contributed by atoms with E-state index < -0.39 is 10.0 Å². The van der Waals surface area contributed by atoms with Crippen molar-refractivity contribution in [3.05, 3.63) is 48.5 Å². The van der Waals surface area contributed by atoms with Crippen LogP contribution in [0.25, 0.3) is 0 Å². The number of hydrogen-bond acceptors (Lipinski definition) is 4. The minimum Gasteiger partial charge on any atom is -0.210 e. The molecule has 1 N–H and O–H groups in total. The molecular weight excluding hydrogens is 440 g/mol. The van der Waals surface area contributed by atoms with E-state index >= 15 is 0 Å². The molecule has 0 aliphatic heterocycles. The Kier molecular flexibility index (Phi) is 7.38. The number of hydrogen-bond donors (Lipinski definition) is 1. The highest BCUT2D eigenvalue weighted by molar-refractivity contribution is 7.98. The van der Waals surface area contributed by atoms with Gasteiger partial charge >= 0.3 is 0 Å². The highest BCUT2D eigenvalue weighted by Crippen LogP contribution is 2.34. The van der Waals surface area contributed by atoms with Gasteiger partial charge in [0.2, 0.25) is 10.0 Å². The maximum Gasteiger partial charge on any atom is 0.242 e. The molecule has 0 bridgehead atoms. The molecule has 0 fully saturated rings. The van der Waals surface area contributed by atoms with Gasteiger partial charge in [-0.3, -0.25) is 0 Å². The van der Waals surface area contributed by atoms with Gasteiger partial charge < -0.3 is 0 Å². The lowest BCUT2D eigenvalue weighted by Gasteiger charge is -2.08. The quantitative estimate of drug-likeness (QED) is 0.560. The summed E-state index contributed by atoms with van der Waals surface area (Å²) >= 11 is 26.3. The first-order valence-corrected chi connectivity index (χ1v) is 11.2. The highest BCUT2D eigenvalue weighted by Gasteiger charge is 2.20. The number of thioether (sulfide) groups is 1. The average molecular weight is 451 g/mol. The second kappa shape index (κ2) is 8.63. The minimum absolute atomic E-state index is 0.00770. The molecule has 0 spiro atoms. The zero-order valence-electron chi connectivity index (χ0n) is 11.5. The largest absolute Gasteiger partial charge is 0.242 e. The first-order valence-electron chi connectivity index (χ1n) is 6.26. The molecule has 0 saturated heterocycles. The molecule has 3 nitrogen and oxygen atoms in total. The van der Waals surface area contributed by atoms with E-state index in [4.69, 9.17) is 46.4 Å². The van der Waals surface area contributed by atoms with E-state index in [1.165, 1.54) is 17.8 Å². The average Bonchev–Trinajstić information content (AvgIpc) is 2.81. The van der Waals surface area contributed by atoms with Gasteiger partial charge in [0, 0.05) is 28.1 Å². The molecule has 0 amide bonds. The van der Waals surface area contributed by atoms with Crippen LogP contribution in [0, 0.1) is 0 Å². The van der Waals surface area contributed by atoms with Crippen LogP contribution in [0.3, 0.4) is 0 Å². The molecule has 2 rings (SSSR count). The van der Waals surface area contributed by atoms with E-state index in [1.807, 2.05) is 0 Å². The molecule has 10 heteroatoms. The Morgan fingerprint density at radius 3 is 2.35 bits per heavy atom. The number of nitrogens with one attached hydrogen (secondary N) is 1. The fourth-order valence-electron chi connectivity index (χ4n) is 1.68. The minimum atomic E-state index is -3.65. The number of rotatable bonds is 7. The molecule has 1 heterocycles. The molecule has 0 saturated carbocycles. The van der Waals surface area contributed by atoms with E-state index in [-0.39, 0.29) is 15.8 Å². The van der Waals surface area contributed by atoms with Gasteiger partial charge in [0.15, 0.2) is 0 Å². The second-order valence-electron chi connectivity index (χ2n) is 4.34. The van der Waals surface area contributed by atoms with Crippen molar-refractivity contribution in [2.24, 2.45) is 0 Å². The first-order chi connectivity index (χ1) is 10.8. The van der Waals surface area contributed by atoms with E-state index in [9.17, 15) is 8.42 Å². The number of halogens is 4. The topological polar surface area (TPSA) is 46.2 Å². The molecule has 1 aromatic carbocycles. The van der Waals surface area contributed by atoms with Gasteiger partial charge in [-0.15, -0.1) is 11.3 Å². The summed E-state index contributed by atoms with van der Waals surface area (Å²) in [5.74, 6) is 1.17. The van der Waals surface area contributed by atoms with Crippen molar-refractivity contribution < 1.29 is 8.42 Å². The normalized spacial score (nSPS) is 11.8. The number of benzene rings is 1. The van der Waals surface area contributed by atoms with Crippen molar-refractivity contribution >= 4 is 79.5 Å². The van der Waals surface area contributed by atoms with Crippen molar-refractivity contribution in [1.29, 1.82) is 0 Å². The second-order valence-corrected chi connectivity index (χ2v) is 10.3. The number of sulfonamides is 1. The SMILES string of the molecule is O=S(=O)(NCCSCc1c(Cl)cccc1Cl)c1cc(Cl)sc1Cl. The Balaban J connectivity index is 1.85. The van der Waals surface area contributed by atoms with Crippen LogP contribution in [0.15, 0.2) is 29.2 Å². The van der Waals surface area contributed by atoms with Gasteiger partial charge in [0.25, 0.3) is 0 Å². The summed E-state index contributed by atoms with van der Waals surface area (Å²) in [4.78, 5) is 0.00770. The van der Waals surface area contributed by atoms with E-state index in [2.05, 4.69) is 4.72 Å². The molecule has 0 atom stereocenters. The molecule has 2 aromatic rings. The van der Waals surface area contributed by atoms with Gasteiger partial charge in [-0.2, -0.15) is 11.8 Å². The first kappa shape index (κ1) is 19.7. The lowest BCUT2D eigenvalue weighted by Crippen LogP contribution is -2.25. The Morgan fingerprint density at radius 2 is 1.78 bits per heavy atom. The summed E-state index contributed by atoms with van der Waals surface area (Å²) in [5, 5.41) is 1.20. The van der Waals surface area contributed by atoms with Gasteiger partial charge in [-0.05, 0) is 23.8 Å². The maximum atomic E-state index is 12.1. The molecular formula is C13H11Cl4NO2S3. The molecule has 0 aliphatic carbocycles. The fraction of sp³-hybridized carbons (Fsp3) is 0.231. The zero-order chi connectivity index (χ0) is 17.0. The van der Waals surface area contributed by atoms with Crippen molar-refractivity contribution in [3.63, 3.8) is 0 Å². The van der Waals surface area contributed by atoms with E-state index in [0.717, 1.165) is 16.9 Å². The van der Waals surface area contributed by atoms with Crippen molar-refractivity contribution in [3.8, 4) is 0 Å². The van der Waals surface area contributed by atoms with Gasteiger partial charge in [0.05, 0.1) is 4.34 Å². The molecule has 23 heavy (non-hydrogen) atoms. The van der Waals surface area contributed by atoms with Crippen LogP contribution >= 0.6 is 69.5 Å². The zero-order valence-corrected chi connectivity index (χ0v) is 17.0. The smallest absolute Gasteiger partial charge is 0.210 e. The van der Waals surface area contributed by atoms with Crippen LogP contribution < -0.4 is 4.72 Å². The predicted octanol–water partition coefficient (Wildman–Crippen LogP) is 5.57. The Labute approximate surface area is 163 Å². The van der Waals surface area contributed by atoms with Gasteiger partial charge in [-0.1, -0.05) is 52.5 Å².